The second-order valence-electron chi connectivity index (χ2n) is 9.45. The number of nitrogens with zero attached hydrogens (tertiary/aromatic N) is 2. The third-order valence-corrected chi connectivity index (χ3v) is 7.78. The molecule has 2 atom stereocenters. The van der Waals surface area contributed by atoms with Crippen molar-refractivity contribution in [2.75, 3.05) is 0 Å². The maximum Gasteiger partial charge on any atom is 0.0482 e. The van der Waals surface area contributed by atoms with Crippen LogP contribution in [0.3, 0.4) is 0 Å². The van der Waals surface area contributed by atoms with E-state index in [1.807, 2.05) is 0 Å². The van der Waals surface area contributed by atoms with E-state index in [0.29, 0.717) is 6.04 Å². The van der Waals surface area contributed by atoms with Crippen molar-refractivity contribution in [3.05, 3.63) is 36.5 Å². The number of piperidine rings is 1. The lowest BCUT2D eigenvalue weighted by molar-refractivity contribution is 0.0518. The minimum absolute atomic E-state index is 0.707. The summed E-state index contributed by atoms with van der Waals surface area (Å²) in [6, 6.07) is 14.5. The predicted molar refractivity (Wildman–Crippen MR) is 114 cm³/mol. The molecule has 0 N–H and O–H groups in total. The lowest BCUT2D eigenvalue weighted by Crippen LogP contribution is -2.49. The number of benzene rings is 1. The smallest absolute Gasteiger partial charge is 0.0482 e. The van der Waals surface area contributed by atoms with Crippen molar-refractivity contribution in [1.29, 1.82) is 0 Å². The SMILES string of the molecule is c1ccc2c(c1)ccn2C1CC2CCC(C1)N2C1CCCCCCCCC1. The third kappa shape index (κ3) is 3.58. The zero-order valence-corrected chi connectivity index (χ0v) is 16.9. The van der Waals surface area contributed by atoms with E-state index < -0.39 is 0 Å². The van der Waals surface area contributed by atoms with Crippen molar-refractivity contribution >= 4 is 10.9 Å². The average molecular weight is 365 g/mol. The van der Waals surface area contributed by atoms with Gasteiger partial charge in [-0.3, -0.25) is 4.90 Å². The van der Waals surface area contributed by atoms with Crippen molar-refractivity contribution in [3.8, 4) is 0 Å². The van der Waals surface area contributed by atoms with Gasteiger partial charge in [0.1, 0.15) is 0 Å². The first-order valence-corrected chi connectivity index (χ1v) is 11.7. The van der Waals surface area contributed by atoms with Crippen LogP contribution in [-0.4, -0.2) is 27.6 Å². The van der Waals surface area contributed by atoms with Crippen LogP contribution in [0.15, 0.2) is 36.5 Å². The highest BCUT2D eigenvalue weighted by atomic mass is 15.3. The summed E-state index contributed by atoms with van der Waals surface area (Å²) in [5.41, 5.74) is 1.44. The summed E-state index contributed by atoms with van der Waals surface area (Å²) in [5, 5.41) is 1.40. The lowest BCUT2D eigenvalue weighted by Gasteiger charge is -2.44. The number of hydrogen-bond acceptors (Lipinski definition) is 1. The first-order chi connectivity index (χ1) is 13.4. The fourth-order valence-corrected chi connectivity index (χ4v) is 6.52. The Kier molecular flexibility index (Phi) is 5.27. The highest BCUT2D eigenvalue weighted by Gasteiger charge is 2.43. The number of para-hydroxylation sites is 1. The van der Waals surface area contributed by atoms with Gasteiger partial charge in [-0.2, -0.15) is 0 Å². The van der Waals surface area contributed by atoms with E-state index in [1.54, 1.807) is 0 Å². The molecule has 2 unspecified atom stereocenters. The van der Waals surface area contributed by atoms with Gasteiger partial charge in [-0.15, -0.1) is 0 Å². The van der Waals surface area contributed by atoms with Crippen LogP contribution < -0.4 is 0 Å². The standard InChI is InChI=1S/C25H36N2/c1-2-4-6-11-21(12-7-5-3-1)27-22-14-15-23(27)19-24(18-22)26-17-16-20-10-8-9-13-25(20)26/h8-10,13,16-17,21-24H,1-7,11-12,14-15,18-19H2. The molecule has 0 amide bonds. The molecule has 3 fully saturated rings. The largest absolute Gasteiger partial charge is 0.344 e. The molecule has 2 nitrogen and oxygen atoms in total. The van der Waals surface area contributed by atoms with Gasteiger partial charge in [-0.25, -0.2) is 0 Å². The molecule has 3 heterocycles. The molecule has 27 heavy (non-hydrogen) atoms. The molecule has 0 spiro atoms. The zero-order valence-electron chi connectivity index (χ0n) is 16.9. The Bertz CT molecular complexity index is 724. The molecule has 3 aliphatic rings. The Balaban J connectivity index is 1.32. The predicted octanol–water partition coefficient (Wildman–Crippen LogP) is 6.70. The molecular weight excluding hydrogens is 328 g/mol. The summed E-state index contributed by atoms with van der Waals surface area (Å²) in [5.74, 6) is 0. The quantitative estimate of drug-likeness (QED) is 0.575. The highest BCUT2D eigenvalue weighted by molar-refractivity contribution is 5.80. The van der Waals surface area contributed by atoms with Crippen molar-refractivity contribution < 1.29 is 0 Å². The lowest BCUT2D eigenvalue weighted by atomic mass is 9.90. The van der Waals surface area contributed by atoms with E-state index in [0.717, 1.165) is 18.1 Å². The normalized spacial score (nSPS) is 31.3. The van der Waals surface area contributed by atoms with Gasteiger partial charge >= 0.3 is 0 Å². The Hall–Kier alpha value is -1.28. The molecule has 5 rings (SSSR count). The summed E-state index contributed by atoms with van der Waals surface area (Å²) < 4.78 is 2.60. The molecule has 0 radical (unpaired) electrons. The van der Waals surface area contributed by atoms with Crippen molar-refractivity contribution in [2.24, 2.45) is 0 Å². The third-order valence-electron chi connectivity index (χ3n) is 7.78. The molecule has 2 aromatic rings. The van der Waals surface area contributed by atoms with Crippen LogP contribution in [0, 0.1) is 0 Å². The van der Waals surface area contributed by atoms with E-state index >= 15 is 0 Å². The summed E-state index contributed by atoms with van der Waals surface area (Å²) in [6.07, 6.45) is 21.2. The van der Waals surface area contributed by atoms with Crippen molar-refractivity contribution in [1.82, 2.24) is 9.47 Å². The van der Waals surface area contributed by atoms with Gasteiger partial charge in [0.2, 0.25) is 0 Å². The summed E-state index contributed by atoms with van der Waals surface area (Å²) in [4.78, 5) is 3.03. The topological polar surface area (TPSA) is 8.17 Å². The highest BCUT2D eigenvalue weighted by Crippen LogP contribution is 2.44. The van der Waals surface area contributed by atoms with Gasteiger partial charge < -0.3 is 4.57 Å². The molecule has 1 aromatic carbocycles. The Morgan fingerprint density at radius 1 is 0.593 bits per heavy atom. The van der Waals surface area contributed by atoms with E-state index in [1.165, 1.54) is 94.4 Å². The summed E-state index contributed by atoms with van der Waals surface area (Å²) in [7, 11) is 0. The van der Waals surface area contributed by atoms with Gasteiger partial charge in [0.15, 0.2) is 0 Å². The molecule has 1 aliphatic carbocycles. The number of rotatable bonds is 2. The number of fused-ring (bicyclic) bond motifs is 3. The molecular formula is C25H36N2. The molecule has 1 saturated carbocycles. The van der Waals surface area contributed by atoms with Crippen LogP contribution in [-0.2, 0) is 0 Å². The Labute approximate surface area is 164 Å². The van der Waals surface area contributed by atoms with Crippen LogP contribution in [0.25, 0.3) is 10.9 Å². The first-order valence-electron chi connectivity index (χ1n) is 11.7. The Morgan fingerprint density at radius 2 is 1.22 bits per heavy atom. The number of hydrogen-bond donors (Lipinski definition) is 0. The van der Waals surface area contributed by atoms with Gasteiger partial charge in [0.05, 0.1) is 0 Å². The second-order valence-corrected chi connectivity index (χ2v) is 9.45. The van der Waals surface area contributed by atoms with E-state index in [4.69, 9.17) is 0 Å². The molecule has 2 bridgehead atoms. The summed E-state index contributed by atoms with van der Waals surface area (Å²) >= 11 is 0. The molecule has 2 aliphatic heterocycles. The van der Waals surface area contributed by atoms with Gasteiger partial charge in [0.25, 0.3) is 0 Å². The first kappa shape index (κ1) is 17.8. The van der Waals surface area contributed by atoms with Crippen molar-refractivity contribution in [2.45, 2.75) is 108 Å². The second kappa shape index (κ2) is 7.99. The minimum Gasteiger partial charge on any atom is -0.344 e. The van der Waals surface area contributed by atoms with Crippen molar-refractivity contribution in [3.63, 3.8) is 0 Å². The van der Waals surface area contributed by atoms with Gasteiger partial charge in [-0.05, 0) is 56.0 Å². The van der Waals surface area contributed by atoms with Crippen LogP contribution in [0.1, 0.15) is 89.5 Å². The van der Waals surface area contributed by atoms with E-state index in [2.05, 4.69) is 46.0 Å². The van der Waals surface area contributed by atoms with Crippen LogP contribution in [0.5, 0.6) is 0 Å². The Morgan fingerprint density at radius 3 is 1.93 bits per heavy atom. The monoisotopic (exact) mass is 364 g/mol. The van der Waals surface area contributed by atoms with Crippen LogP contribution in [0.4, 0.5) is 0 Å². The minimum atomic E-state index is 0.707. The van der Waals surface area contributed by atoms with E-state index in [9.17, 15) is 0 Å². The average Bonchev–Trinajstić information content (AvgIpc) is 3.24. The maximum absolute atomic E-state index is 3.03. The summed E-state index contributed by atoms with van der Waals surface area (Å²) in [6.45, 7) is 0. The van der Waals surface area contributed by atoms with Gasteiger partial charge in [0, 0.05) is 35.9 Å². The molecule has 1 aromatic heterocycles. The zero-order chi connectivity index (χ0) is 18.1. The fraction of sp³-hybridized carbons (Fsp3) is 0.680. The molecule has 2 saturated heterocycles. The number of aromatic nitrogens is 1. The fourth-order valence-electron chi connectivity index (χ4n) is 6.52. The van der Waals surface area contributed by atoms with Crippen LogP contribution in [0.2, 0.25) is 0 Å². The van der Waals surface area contributed by atoms with Crippen LogP contribution >= 0.6 is 0 Å². The molecule has 146 valence electrons. The van der Waals surface area contributed by atoms with E-state index in [-0.39, 0.29) is 0 Å². The van der Waals surface area contributed by atoms with Gasteiger partial charge in [-0.1, -0.05) is 63.1 Å². The maximum atomic E-state index is 3.03. The molecule has 2 heteroatoms.